The number of hydrogen-bond acceptors (Lipinski definition) is 2. The lowest BCUT2D eigenvalue weighted by atomic mass is 9.97. The number of hydrogen-bond donors (Lipinski definition) is 2. The third-order valence-corrected chi connectivity index (χ3v) is 4.08. The maximum Gasteiger partial charge on any atom is 0.0995 e. The van der Waals surface area contributed by atoms with Crippen LogP contribution in [0.25, 0.3) is 0 Å². The fourth-order valence-electron chi connectivity index (χ4n) is 2.72. The van der Waals surface area contributed by atoms with Crippen molar-refractivity contribution in [2.75, 3.05) is 19.6 Å². The predicted molar refractivity (Wildman–Crippen MR) is 75.9 cm³/mol. The average molecular weight is 245 g/mol. The minimum Gasteiger partial charge on any atom is -0.387 e. The first-order valence-electron chi connectivity index (χ1n) is 6.69. The second-order valence-electron chi connectivity index (χ2n) is 5.59. The lowest BCUT2D eigenvalue weighted by Gasteiger charge is -2.23. The van der Waals surface area contributed by atoms with Crippen molar-refractivity contribution in [1.29, 1.82) is 5.41 Å². The van der Waals surface area contributed by atoms with Gasteiger partial charge in [0.25, 0.3) is 0 Å². The number of nitrogens with two attached hydrogens (primary N) is 1. The average Bonchev–Trinajstić information content (AvgIpc) is 2.66. The Balaban J connectivity index is 2.07. The fraction of sp³-hybridized carbons (Fsp3) is 0.533. The smallest absolute Gasteiger partial charge is 0.0995 e. The van der Waals surface area contributed by atoms with E-state index in [2.05, 4.69) is 30.9 Å². The van der Waals surface area contributed by atoms with Crippen molar-refractivity contribution in [3.8, 4) is 0 Å². The molecule has 1 aromatic carbocycles. The molecule has 2 rings (SSSR count). The molecule has 3 nitrogen and oxygen atoms in total. The van der Waals surface area contributed by atoms with Crippen LogP contribution in [0.4, 0.5) is 0 Å². The van der Waals surface area contributed by atoms with E-state index in [9.17, 15) is 0 Å². The van der Waals surface area contributed by atoms with Crippen LogP contribution in [0.15, 0.2) is 30.3 Å². The van der Waals surface area contributed by atoms with Crippen molar-refractivity contribution in [2.24, 2.45) is 17.6 Å². The molecule has 18 heavy (non-hydrogen) atoms. The third kappa shape index (κ3) is 2.91. The molecule has 1 aromatic rings. The zero-order chi connectivity index (χ0) is 13.1. The molecule has 0 amide bonds. The number of nitrogens with zero attached hydrogens (tertiary/aromatic N) is 1. The summed E-state index contributed by atoms with van der Waals surface area (Å²) in [4.78, 5) is 2.44. The number of amidine groups is 1. The Morgan fingerprint density at radius 3 is 2.33 bits per heavy atom. The van der Waals surface area contributed by atoms with E-state index < -0.39 is 0 Å². The molecule has 0 aliphatic carbocycles. The Morgan fingerprint density at radius 2 is 1.83 bits per heavy atom. The highest BCUT2D eigenvalue weighted by Crippen LogP contribution is 2.25. The van der Waals surface area contributed by atoms with Crippen molar-refractivity contribution in [1.82, 2.24) is 4.90 Å². The molecule has 3 unspecified atom stereocenters. The van der Waals surface area contributed by atoms with Gasteiger partial charge < -0.3 is 10.6 Å². The van der Waals surface area contributed by atoms with Crippen molar-refractivity contribution >= 4 is 5.84 Å². The summed E-state index contributed by atoms with van der Waals surface area (Å²) in [5, 5.41) is 7.80. The lowest BCUT2D eigenvalue weighted by molar-refractivity contribution is 0.319. The molecule has 1 saturated heterocycles. The first kappa shape index (κ1) is 13.1. The zero-order valence-corrected chi connectivity index (χ0v) is 11.3. The molecule has 1 heterocycles. The van der Waals surface area contributed by atoms with Crippen LogP contribution in [-0.2, 0) is 0 Å². The summed E-state index contributed by atoms with van der Waals surface area (Å²) < 4.78 is 0. The van der Waals surface area contributed by atoms with Crippen LogP contribution >= 0.6 is 0 Å². The van der Waals surface area contributed by atoms with E-state index in [1.165, 1.54) is 0 Å². The first-order chi connectivity index (χ1) is 8.58. The van der Waals surface area contributed by atoms with Gasteiger partial charge in [0.1, 0.15) is 0 Å². The van der Waals surface area contributed by atoms with Gasteiger partial charge in [0, 0.05) is 19.6 Å². The van der Waals surface area contributed by atoms with E-state index >= 15 is 0 Å². The fourth-order valence-corrected chi connectivity index (χ4v) is 2.72. The van der Waals surface area contributed by atoms with Gasteiger partial charge in [-0.2, -0.15) is 0 Å². The van der Waals surface area contributed by atoms with Gasteiger partial charge in [-0.3, -0.25) is 5.41 Å². The molecule has 1 fully saturated rings. The normalized spacial score (nSPS) is 26.1. The van der Waals surface area contributed by atoms with Gasteiger partial charge >= 0.3 is 0 Å². The molecular weight excluding hydrogens is 222 g/mol. The highest BCUT2D eigenvalue weighted by Gasteiger charge is 2.28. The Bertz CT molecular complexity index is 391. The topological polar surface area (TPSA) is 53.1 Å². The summed E-state index contributed by atoms with van der Waals surface area (Å²) in [5.74, 6) is 1.79. The van der Waals surface area contributed by atoms with Gasteiger partial charge in [0.2, 0.25) is 0 Å². The molecule has 0 aromatic heterocycles. The standard InChI is InChI=1S/C15H23N3/c1-11-8-18(9-12(11)2)10-14(15(16)17)13-6-4-3-5-7-13/h3-7,11-12,14H,8-10H2,1-2H3,(H3,16,17). The summed E-state index contributed by atoms with van der Waals surface area (Å²) in [7, 11) is 0. The molecule has 1 aliphatic rings. The molecule has 0 bridgehead atoms. The van der Waals surface area contributed by atoms with Crippen molar-refractivity contribution in [3.05, 3.63) is 35.9 Å². The molecule has 0 spiro atoms. The van der Waals surface area contributed by atoms with E-state index in [1.54, 1.807) is 0 Å². The summed E-state index contributed by atoms with van der Waals surface area (Å²) in [6, 6.07) is 10.2. The van der Waals surface area contributed by atoms with Crippen molar-refractivity contribution in [3.63, 3.8) is 0 Å². The molecule has 0 saturated carbocycles. The zero-order valence-electron chi connectivity index (χ0n) is 11.3. The minimum absolute atomic E-state index is 0.0312. The Labute approximate surface area is 109 Å². The second kappa shape index (κ2) is 5.53. The largest absolute Gasteiger partial charge is 0.387 e. The Morgan fingerprint density at radius 1 is 1.28 bits per heavy atom. The SMILES string of the molecule is CC1CN(CC(C(=N)N)c2ccccc2)CC1C. The monoisotopic (exact) mass is 245 g/mol. The number of nitrogens with one attached hydrogen (secondary N) is 1. The Hall–Kier alpha value is -1.35. The molecule has 3 atom stereocenters. The van der Waals surface area contributed by atoms with Crippen LogP contribution in [0, 0.1) is 17.2 Å². The van der Waals surface area contributed by atoms with Crippen LogP contribution in [-0.4, -0.2) is 30.4 Å². The van der Waals surface area contributed by atoms with Gasteiger partial charge in [0.15, 0.2) is 0 Å². The predicted octanol–water partition coefficient (Wildman–Crippen LogP) is 2.29. The molecule has 0 radical (unpaired) electrons. The quantitative estimate of drug-likeness (QED) is 0.631. The maximum atomic E-state index is 7.80. The molecule has 3 N–H and O–H groups in total. The van der Waals surface area contributed by atoms with E-state index in [0.29, 0.717) is 0 Å². The number of rotatable bonds is 4. The van der Waals surface area contributed by atoms with E-state index in [1.807, 2.05) is 18.2 Å². The van der Waals surface area contributed by atoms with Crippen LogP contribution < -0.4 is 5.73 Å². The van der Waals surface area contributed by atoms with Gasteiger partial charge in [-0.05, 0) is 17.4 Å². The first-order valence-corrected chi connectivity index (χ1v) is 6.69. The summed E-state index contributed by atoms with van der Waals surface area (Å²) in [5.41, 5.74) is 6.92. The van der Waals surface area contributed by atoms with Gasteiger partial charge in [-0.1, -0.05) is 44.2 Å². The number of likely N-dealkylation sites (tertiary alicyclic amines) is 1. The van der Waals surface area contributed by atoms with Crippen LogP contribution in [0.5, 0.6) is 0 Å². The second-order valence-corrected chi connectivity index (χ2v) is 5.59. The highest BCUT2D eigenvalue weighted by atomic mass is 15.2. The van der Waals surface area contributed by atoms with E-state index in [-0.39, 0.29) is 11.8 Å². The molecule has 3 heteroatoms. The van der Waals surface area contributed by atoms with Crippen LogP contribution in [0.3, 0.4) is 0 Å². The summed E-state index contributed by atoms with van der Waals surface area (Å²) in [6.07, 6.45) is 0. The minimum atomic E-state index is 0.0312. The molecule has 1 aliphatic heterocycles. The Kier molecular flexibility index (Phi) is 4.02. The van der Waals surface area contributed by atoms with Crippen molar-refractivity contribution < 1.29 is 0 Å². The molecule has 98 valence electrons. The van der Waals surface area contributed by atoms with Gasteiger partial charge in [0.05, 0.1) is 11.8 Å². The third-order valence-electron chi connectivity index (χ3n) is 4.08. The van der Waals surface area contributed by atoms with Gasteiger partial charge in [-0.25, -0.2) is 0 Å². The summed E-state index contributed by atoms with van der Waals surface area (Å²) in [6.45, 7) is 7.72. The lowest BCUT2D eigenvalue weighted by Crippen LogP contribution is -2.33. The maximum absolute atomic E-state index is 7.80. The van der Waals surface area contributed by atoms with E-state index in [0.717, 1.165) is 37.0 Å². The van der Waals surface area contributed by atoms with Gasteiger partial charge in [-0.15, -0.1) is 0 Å². The van der Waals surface area contributed by atoms with Crippen LogP contribution in [0.2, 0.25) is 0 Å². The summed E-state index contributed by atoms with van der Waals surface area (Å²) >= 11 is 0. The molecular formula is C15H23N3. The van der Waals surface area contributed by atoms with Crippen LogP contribution in [0.1, 0.15) is 25.3 Å². The number of benzene rings is 1. The highest BCUT2D eigenvalue weighted by molar-refractivity contribution is 5.84. The van der Waals surface area contributed by atoms with E-state index in [4.69, 9.17) is 11.1 Å². The van der Waals surface area contributed by atoms with Crippen molar-refractivity contribution in [2.45, 2.75) is 19.8 Å².